The topological polar surface area (TPSA) is 140 Å². The van der Waals surface area contributed by atoms with Crippen molar-refractivity contribution in [1.29, 1.82) is 0 Å². The van der Waals surface area contributed by atoms with Crippen molar-refractivity contribution in [2.24, 2.45) is 5.92 Å². The van der Waals surface area contributed by atoms with Crippen LogP contribution in [0.4, 0.5) is 4.79 Å². The van der Waals surface area contributed by atoms with E-state index in [1.165, 1.54) is 6.92 Å². The third-order valence-corrected chi connectivity index (χ3v) is 2.77. The van der Waals surface area contributed by atoms with Crippen LogP contribution in [0.5, 0.6) is 0 Å². The normalized spacial score (nSPS) is 25.7. The average molecular weight is 329 g/mol. The van der Waals surface area contributed by atoms with Gasteiger partial charge in [0.25, 0.3) is 10.2 Å². The van der Waals surface area contributed by atoms with E-state index in [1.54, 1.807) is 0 Å². The molecule has 120 valence electrons. The van der Waals surface area contributed by atoms with Crippen LogP contribution in [0.25, 0.3) is 0 Å². The van der Waals surface area contributed by atoms with Crippen LogP contribution in [0.1, 0.15) is 19.8 Å². The van der Waals surface area contributed by atoms with E-state index >= 15 is 0 Å². The Balaban J connectivity index is 2.48. The van der Waals surface area contributed by atoms with Gasteiger partial charge in [0.1, 0.15) is 12.2 Å². The molecule has 0 amide bonds. The molecule has 1 saturated carbocycles. The summed E-state index contributed by atoms with van der Waals surface area (Å²) in [6, 6.07) is 0. The monoisotopic (exact) mass is 328 g/mol. The summed E-state index contributed by atoms with van der Waals surface area (Å²) in [4.78, 5) is 40.4. The Bertz CT molecular complexity index is 381. The Morgan fingerprint density at radius 1 is 1.24 bits per heavy atom. The molecule has 0 N–H and O–H groups in total. The van der Waals surface area contributed by atoms with E-state index in [9.17, 15) is 25.0 Å². The van der Waals surface area contributed by atoms with E-state index < -0.39 is 40.0 Å². The largest absolute Gasteiger partial charge is 0.509 e. The third kappa shape index (κ3) is 6.29. The minimum absolute atomic E-state index is 0.0726. The molecule has 0 bridgehead atoms. The number of ether oxygens (including phenoxy) is 2. The van der Waals surface area contributed by atoms with Crippen LogP contribution in [0.3, 0.4) is 0 Å². The summed E-state index contributed by atoms with van der Waals surface area (Å²) in [6.45, 7) is 1.28. The molecule has 1 unspecified atom stereocenters. The van der Waals surface area contributed by atoms with Crippen LogP contribution in [0.15, 0.2) is 0 Å². The summed E-state index contributed by atoms with van der Waals surface area (Å²) in [5, 5.41) is 18.5. The fourth-order valence-electron chi connectivity index (χ4n) is 1.99. The summed E-state index contributed by atoms with van der Waals surface area (Å²) < 4.78 is 9.27. The molecular weight excluding hydrogens is 316 g/mol. The molecule has 1 fully saturated rings. The SMILES string of the molecule is CC(Cl)OC(=O)OC[C@@H]1C[C@H](O[N+](=O)[O-])[C@H](O[N+](=O)[O-])C1. The predicted molar refractivity (Wildman–Crippen MR) is 64.2 cm³/mol. The average Bonchev–Trinajstić information content (AvgIpc) is 2.66. The molecular formula is C9H13ClN2O9. The van der Waals surface area contributed by atoms with E-state index in [-0.39, 0.29) is 19.4 Å². The van der Waals surface area contributed by atoms with Crippen molar-refractivity contribution in [2.45, 2.75) is 37.5 Å². The lowest BCUT2D eigenvalue weighted by molar-refractivity contribution is -0.797. The molecule has 0 aromatic rings. The zero-order valence-electron chi connectivity index (χ0n) is 10.9. The van der Waals surface area contributed by atoms with E-state index in [0.717, 1.165) is 0 Å². The lowest BCUT2D eigenvalue weighted by atomic mass is 10.1. The molecule has 11 nitrogen and oxygen atoms in total. The zero-order valence-corrected chi connectivity index (χ0v) is 11.6. The Labute approximate surface area is 123 Å². The highest BCUT2D eigenvalue weighted by Crippen LogP contribution is 2.31. The van der Waals surface area contributed by atoms with Crippen molar-refractivity contribution in [3.05, 3.63) is 20.2 Å². The van der Waals surface area contributed by atoms with Gasteiger partial charge < -0.3 is 19.1 Å². The quantitative estimate of drug-likeness (QED) is 0.292. The van der Waals surface area contributed by atoms with Crippen LogP contribution in [0, 0.1) is 26.1 Å². The molecule has 0 aromatic heterocycles. The highest BCUT2D eigenvalue weighted by molar-refractivity contribution is 6.19. The van der Waals surface area contributed by atoms with Crippen LogP contribution in [-0.4, -0.2) is 40.7 Å². The van der Waals surface area contributed by atoms with Gasteiger partial charge in [0.05, 0.1) is 6.61 Å². The Morgan fingerprint density at radius 2 is 1.71 bits per heavy atom. The first-order valence-corrected chi connectivity index (χ1v) is 6.31. The second-order valence-electron chi connectivity index (χ2n) is 4.29. The fourth-order valence-corrected chi connectivity index (χ4v) is 2.06. The molecule has 0 spiro atoms. The van der Waals surface area contributed by atoms with Gasteiger partial charge in [0.15, 0.2) is 5.56 Å². The van der Waals surface area contributed by atoms with Crippen LogP contribution >= 0.6 is 11.6 Å². The minimum atomic E-state index is -1.10. The Hall–Kier alpha value is -2.04. The number of halogens is 1. The second kappa shape index (κ2) is 7.67. The lowest BCUT2D eigenvalue weighted by Crippen LogP contribution is -2.30. The number of nitrogens with zero attached hydrogens (tertiary/aromatic N) is 2. The first-order valence-electron chi connectivity index (χ1n) is 5.87. The maximum Gasteiger partial charge on any atom is 0.509 e. The molecule has 0 saturated heterocycles. The highest BCUT2D eigenvalue weighted by Gasteiger charge is 2.40. The molecule has 0 aromatic carbocycles. The molecule has 0 aliphatic heterocycles. The van der Waals surface area contributed by atoms with Crippen LogP contribution in [-0.2, 0) is 19.1 Å². The van der Waals surface area contributed by atoms with E-state index in [0.29, 0.717) is 0 Å². The number of carbonyl (C=O) groups excluding carboxylic acids is 1. The van der Waals surface area contributed by atoms with Gasteiger partial charge >= 0.3 is 6.16 Å². The molecule has 21 heavy (non-hydrogen) atoms. The van der Waals surface area contributed by atoms with Crippen LogP contribution in [0.2, 0.25) is 0 Å². The molecule has 0 radical (unpaired) electrons. The van der Waals surface area contributed by atoms with Crippen molar-refractivity contribution < 1.29 is 34.1 Å². The molecule has 1 aliphatic rings. The zero-order chi connectivity index (χ0) is 16.0. The number of rotatable bonds is 7. The summed E-state index contributed by atoms with van der Waals surface area (Å²) in [5.74, 6) is -0.391. The van der Waals surface area contributed by atoms with Gasteiger partial charge in [-0.15, -0.1) is 20.2 Å². The maximum atomic E-state index is 11.1. The summed E-state index contributed by atoms with van der Waals surface area (Å²) in [5.41, 5.74) is -0.864. The van der Waals surface area contributed by atoms with Gasteiger partial charge in [-0.2, -0.15) is 0 Å². The van der Waals surface area contributed by atoms with E-state index in [1.807, 2.05) is 0 Å². The number of hydrogen-bond acceptors (Lipinski definition) is 9. The number of hydrogen-bond donors (Lipinski definition) is 0. The number of carbonyl (C=O) groups is 1. The molecule has 1 aliphatic carbocycles. The van der Waals surface area contributed by atoms with Crippen molar-refractivity contribution >= 4 is 17.8 Å². The summed E-state index contributed by atoms with van der Waals surface area (Å²) >= 11 is 5.42. The molecule has 0 heterocycles. The molecule has 12 heteroatoms. The maximum absolute atomic E-state index is 11.1. The summed E-state index contributed by atoms with van der Waals surface area (Å²) in [6.07, 6.45) is -3.04. The van der Waals surface area contributed by atoms with E-state index in [2.05, 4.69) is 14.4 Å². The van der Waals surface area contributed by atoms with Gasteiger partial charge in [-0.3, -0.25) is 0 Å². The van der Waals surface area contributed by atoms with Crippen molar-refractivity contribution in [3.63, 3.8) is 0 Å². The van der Waals surface area contributed by atoms with Gasteiger partial charge in [-0.25, -0.2) is 4.79 Å². The smallest absolute Gasteiger partial charge is 0.434 e. The standard InChI is InChI=1S/C9H13ClN2O9/c1-5(10)19-9(13)18-4-6-2-7(20-11(14)15)8(3-6)21-12(16)17/h5-8H,2-4H2,1H3/t5?,6-,7+,8-. The summed E-state index contributed by atoms with van der Waals surface area (Å²) in [7, 11) is 0. The highest BCUT2D eigenvalue weighted by atomic mass is 35.5. The first-order chi connectivity index (χ1) is 9.77. The molecule has 4 atom stereocenters. The van der Waals surface area contributed by atoms with Gasteiger partial charge in [0.2, 0.25) is 0 Å². The first kappa shape index (κ1) is 17.0. The van der Waals surface area contributed by atoms with E-state index in [4.69, 9.17) is 16.3 Å². The number of alkyl halides is 1. The van der Waals surface area contributed by atoms with Crippen molar-refractivity contribution in [3.8, 4) is 0 Å². The fraction of sp³-hybridized carbons (Fsp3) is 0.889. The van der Waals surface area contributed by atoms with Crippen molar-refractivity contribution in [2.75, 3.05) is 6.61 Å². The Kier molecular flexibility index (Phi) is 6.21. The van der Waals surface area contributed by atoms with Crippen molar-refractivity contribution in [1.82, 2.24) is 0 Å². The lowest BCUT2D eigenvalue weighted by Gasteiger charge is -2.14. The predicted octanol–water partition coefficient (Wildman–Crippen LogP) is 1.29. The molecule has 1 rings (SSSR count). The Morgan fingerprint density at radius 3 is 2.10 bits per heavy atom. The second-order valence-corrected chi connectivity index (χ2v) is 4.91. The van der Waals surface area contributed by atoms with Gasteiger partial charge in [-0.05, 0) is 25.7 Å². The third-order valence-electron chi connectivity index (χ3n) is 2.68. The van der Waals surface area contributed by atoms with Gasteiger partial charge in [0, 0.05) is 0 Å². The van der Waals surface area contributed by atoms with Gasteiger partial charge in [-0.1, -0.05) is 11.6 Å². The minimum Gasteiger partial charge on any atom is -0.434 e. The van der Waals surface area contributed by atoms with Crippen LogP contribution < -0.4 is 0 Å².